The Bertz CT molecular complexity index is 1280. The predicted molar refractivity (Wildman–Crippen MR) is 105 cm³/mol. The van der Waals surface area contributed by atoms with Crippen LogP contribution in [0, 0.1) is 11.8 Å². The number of carbonyl (C=O) groups is 2. The first-order valence-electron chi connectivity index (χ1n) is 8.56. The minimum absolute atomic E-state index is 0.0968. The van der Waals surface area contributed by atoms with Crippen LogP contribution in [0.5, 0.6) is 0 Å². The molecule has 3 N–H and O–H groups in total. The number of carbonyl (C=O) groups excluding carboxylic acids is 2. The van der Waals surface area contributed by atoms with Crippen LogP contribution in [0.1, 0.15) is 15.9 Å². The first kappa shape index (κ1) is 19.6. The smallest absolute Gasteiger partial charge is 0.332 e. The largest absolute Gasteiger partial charge is 0.366 e. The Kier molecular flexibility index (Phi) is 5.32. The van der Waals surface area contributed by atoms with E-state index in [1.807, 2.05) is 0 Å². The van der Waals surface area contributed by atoms with Gasteiger partial charge in [0.15, 0.2) is 11.2 Å². The van der Waals surface area contributed by atoms with Crippen molar-refractivity contribution < 1.29 is 9.59 Å². The van der Waals surface area contributed by atoms with Crippen molar-refractivity contribution in [1.29, 1.82) is 0 Å². The molecular weight excluding hydrogens is 376 g/mol. The first-order valence-corrected chi connectivity index (χ1v) is 8.56. The Labute approximate surface area is 164 Å². The molecule has 2 amide bonds. The number of imidazole rings is 1. The Morgan fingerprint density at radius 2 is 1.83 bits per heavy atom. The second-order valence-electron chi connectivity index (χ2n) is 6.27. The van der Waals surface area contributed by atoms with Crippen LogP contribution in [0.25, 0.3) is 11.2 Å². The van der Waals surface area contributed by atoms with E-state index in [0.717, 1.165) is 4.57 Å². The molecule has 0 saturated carbocycles. The summed E-state index contributed by atoms with van der Waals surface area (Å²) in [5, 5.41) is 2.63. The van der Waals surface area contributed by atoms with Gasteiger partial charge in [-0.15, -0.1) is 0 Å². The molecule has 2 aromatic heterocycles. The lowest BCUT2D eigenvalue weighted by atomic mass is 10.1. The molecule has 0 fully saturated rings. The van der Waals surface area contributed by atoms with Gasteiger partial charge in [0.25, 0.3) is 5.56 Å². The highest BCUT2D eigenvalue weighted by Crippen LogP contribution is 2.05. The molecule has 148 valence electrons. The number of benzene rings is 1. The van der Waals surface area contributed by atoms with Gasteiger partial charge in [0.1, 0.15) is 6.54 Å². The van der Waals surface area contributed by atoms with Crippen molar-refractivity contribution in [2.24, 2.45) is 19.8 Å². The molecule has 0 atom stereocenters. The van der Waals surface area contributed by atoms with Crippen LogP contribution in [0.4, 0.5) is 0 Å². The van der Waals surface area contributed by atoms with Crippen molar-refractivity contribution in [3.05, 3.63) is 62.6 Å². The van der Waals surface area contributed by atoms with E-state index in [1.165, 1.54) is 29.6 Å². The first-order chi connectivity index (χ1) is 13.8. The molecule has 0 aliphatic carbocycles. The summed E-state index contributed by atoms with van der Waals surface area (Å²) in [6.07, 6.45) is 1.34. The molecule has 3 aromatic rings. The maximum absolute atomic E-state index is 12.4. The van der Waals surface area contributed by atoms with Gasteiger partial charge in [-0.25, -0.2) is 9.78 Å². The molecule has 3 rings (SSSR count). The number of amides is 2. The lowest BCUT2D eigenvalue weighted by molar-refractivity contribution is -0.121. The average Bonchev–Trinajstić information content (AvgIpc) is 3.12. The topological polar surface area (TPSA) is 134 Å². The third-order valence-electron chi connectivity index (χ3n) is 4.31. The number of hydrogen-bond donors (Lipinski definition) is 2. The number of nitrogens with one attached hydrogen (secondary N) is 1. The highest BCUT2D eigenvalue weighted by molar-refractivity contribution is 5.92. The molecule has 0 aliphatic heterocycles. The van der Waals surface area contributed by atoms with Gasteiger partial charge in [0.05, 0.1) is 12.9 Å². The lowest BCUT2D eigenvalue weighted by Gasteiger charge is -2.06. The van der Waals surface area contributed by atoms with E-state index in [2.05, 4.69) is 22.1 Å². The Balaban J connectivity index is 1.67. The molecule has 2 heterocycles. The zero-order valence-corrected chi connectivity index (χ0v) is 15.8. The monoisotopic (exact) mass is 394 g/mol. The normalized spacial score (nSPS) is 10.4. The van der Waals surface area contributed by atoms with E-state index in [-0.39, 0.29) is 30.2 Å². The number of hydrogen-bond acceptors (Lipinski definition) is 5. The molecule has 10 nitrogen and oxygen atoms in total. The van der Waals surface area contributed by atoms with Gasteiger partial charge in [-0.1, -0.05) is 11.8 Å². The van der Waals surface area contributed by atoms with Gasteiger partial charge < -0.3 is 15.6 Å². The fourth-order valence-electron chi connectivity index (χ4n) is 2.73. The average molecular weight is 394 g/mol. The third-order valence-corrected chi connectivity index (χ3v) is 4.31. The molecule has 1 aromatic carbocycles. The zero-order chi connectivity index (χ0) is 21.1. The van der Waals surface area contributed by atoms with Crippen molar-refractivity contribution in [3.8, 4) is 11.8 Å². The molecule has 0 radical (unpaired) electrons. The zero-order valence-electron chi connectivity index (χ0n) is 15.8. The van der Waals surface area contributed by atoms with E-state index in [0.29, 0.717) is 11.1 Å². The number of nitrogens with two attached hydrogens (primary N) is 1. The summed E-state index contributed by atoms with van der Waals surface area (Å²) in [5.41, 5.74) is 5.61. The molecule has 0 saturated heterocycles. The predicted octanol–water partition coefficient (Wildman–Crippen LogP) is -1.30. The lowest BCUT2D eigenvalue weighted by Crippen LogP contribution is -2.38. The fraction of sp³-hybridized carbons (Fsp3) is 0.211. The fourth-order valence-corrected chi connectivity index (χ4v) is 2.73. The SMILES string of the molecule is Cn1c(=O)c2c(ncn2CC(=O)NCC#Cc2ccc(C(N)=O)cc2)n(C)c1=O. The van der Waals surface area contributed by atoms with Crippen LogP contribution in [-0.4, -0.2) is 37.0 Å². The van der Waals surface area contributed by atoms with Crippen molar-refractivity contribution in [3.63, 3.8) is 0 Å². The summed E-state index contributed by atoms with van der Waals surface area (Å²) in [4.78, 5) is 51.6. The number of aryl methyl sites for hydroxylation is 1. The van der Waals surface area contributed by atoms with Crippen molar-refractivity contribution in [2.45, 2.75) is 6.54 Å². The standard InChI is InChI=1S/C19H18N6O4/c1-23-17-15(18(28)24(2)19(23)29)25(11-22-17)10-14(26)21-9-3-4-12-5-7-13(8-6-12)16(20)27/h5-8,11H,9-10H2,1-2H3,(H2,20,27)(H,21,26). The van der Waals surface area contributed by atoms with Gasteiger partial charge in [-0.05, 0) is 24.3 Å². The third kappa shape index (κ3) is 3.93. The quantitative estimate of drug-likeness (QED) is 0.531. The van der Waals surface area contributed by atoms with Gasteiger partial charge in [-0.2, -0.15) is 0 Å². The van der Waals surface area contributed by atoms with Gasteiger partial charge in [0, 0.05) is 25.2 Å². The van der Waals surface area contributed by atoms with Crippen LogP contribution < -0.4 is 22.3 Å². The van der Waals surface area contributed by atoms with Crippen molar-refractivity contribution in [2.75, 3.05) is 6.54 Å². The molecule has 0 spiro atoms. The highest BCUT2D eigenvalue weighted by Gasteiger charge is 2.15. The summed E-state index contributed by atoms with van der Waals surface area (Å²) < 4.78 is 3.61. The minimum atomic E-state index is -0.521. The van der Waals surface area contributed by atoms with Gasteiger partial charge in [0.2, 0.25) is 11.8 Å². The number of rotatable bonds is 4. The maximum atomic E-state index is 12.4. The van der Waals surface area contributed by atoms with Gasteiger partial charge >= 0.3 is 5.69 Å². The van der Waals surface area contributed by atoms with Crippen LogP contribution >= 0.6 is 0 Å². The number of aromatic nitrogens is 4. The van der Waals surface area contributed by atoms with Crippen LogP contribution in [0.2, 0.25) is 0 Å². The van der Waals surface area contributed by atoms with Crippen molar-refractivity contribution in [1.82, 2.24) is 24.0 Å². The number of fused-ring (bicyclic) bond motifs is 1. The summed E-state index contributed by atoms with van der Waals surface area (Å²) in [6, 6.07) is 6.46. The maximum Gasteiger partial charge on any atom is 0.332 e. The summed E-state index contributed by atoms with van der Waals surface area (Å²) >= 11 is 0. The molecule has 0 bridgehead atoms. The Morgan fingerprint density at radius 1 is 1.14 bits per heavy atom. The number of primary amides is 1. The van der Waals surface area contributed by atoms with E-state index in [1.54, 1.807) is 24.3 Å². The highest BCUT2D eigenvalue weighted by atomic mass is 16.2. The van der Waals surface area contributed by atoms with E-state index >= 15 is 0 Å². The Morgan fingerprint density at radius 3 is 2.48 bits per heavy atom. The summed E-state index contributed by atoms with van der Waals surface area (Å²) in [6.45, 7) is -0.0432. The van der Waals surface area contributed by atoms with Crippen LogP contribution in [0.15, 0.2) is 40.2 Å². The number of nitrogens with zero attached hydrogens (tertiary/aromatic N) is 4. The van der Waals surface area contributed by atoms with Crippen LogP contribution in [-0.2, 0) is 25.4 Å². The second-order valence-corrected chi connectivity index (χ2v) is 6.27. The van der Waals surface area contributed by atoms with E-state index in [4.69, 9.17) is 5.73 Å². The summed E-state index contributed by atoms with van der Waals surface area (Å²) in [5.74, 6) is 4.78. The summed E-state index contributed by atoms with van der Waals surface area (Å²) in [7, 11) is 2.88. The minimum Gasteiger partial charge on any atom is -0.366 e. The van der Waals surface area contributed by atoms with E-state index < -0.39 is 17.2 Å². The van der Waals surface area contributed by atoms with Gasteiger partial charge in [-0.3, -0.25) is 23.5 Å². The van der Waals surface area contributed by atoms with E-state index in [9.17, 15) is 19.2 Å². The van der Waals surface area contributed by atoms with Crippen LogP contribution in [0.3, 0.4) is 0 Å². The Hall–Kier alpha value is -4.13. The van der Waals surface area contributed by atoms with Crippen molar-refractivity contribution >= 4 is 23.0 Å². The molecule has 0 unspecified atom stereocenters. The molecular formula is C19H18N6O4. The molecule has 10 heteroatoms. The molecule has 29 heavy (non-hydrogen) atoms. The second kappa shape index (κ2) is 7.85. The molecule has 0 aliphatic rings.